The monoisotopic (exact) mass is 297 g/mol. The van der Waals surface area contributed by atoms with Gasteiger partial charge in [0.05, 0.1) is 6.26 Å². The lowest BCUT2D eigenvalue weighted by atomic mass is 10.2. The maximum absolute atomic E-state index is 12.1. The van der Waals surface area contributed by atoms with Crippen molar-refractivity contribution in [1.29, 1.82) is 0 Å². The van der Waals surface area contributed by atoms with E-state index < -0.39 is 10.0 Å². The molecule has 0 aromatic heterocycles. The largest absolute Gasteiger partial charge is 0.322 e. The average Bonchev–Trinajstić information content (AvgIpc) is 2.40. The summed E-state index contributed by atoms with van der Waals surface area (Å²) in [5.74, 6) is 0. The van der Waals surface area contributed by atoms with Crippen molar-refractivity contribution < 1.29 is 13.2 Å². The molecule has 1 aliphatic heterocycles. The molecule has 1 aliphatic rings. The predicted octanol–water partition coefficient (Wildman–Crippen LogP) is 1.10. The van der Waals surface area contributed by atoms with Crippen LogP contribution in [0, 0.1) is 6.92 Å². The first-order chi connectivity index (χ1) is 9.38. The number of sulfonamides is 1. The van der Waals surface area contributed by atoms with E-state index in [1.54, 1.807) is 4.90 Å². The fraction of sp³-hybridized carbons (Fsp3) is 0.462. The number of amides is 2. The second-order valence-corrected chi connectivity index (χ2v) is 6.88. The van der Waals surface area contributed by atoms with Crippen LogP contribution in [0.2, 0.25) is 0 Å². The molecule has 0 radical (unpaired) electrons. The summed E-state index contributed by atoms with van der Waals surface area (Å²) in [6, 6.07) is 7.37. The van der Waals surface area contributed by atoms with E-state index in [1.165, 1.54) is 10.6 Å². The van der Waals surface area contributed by atoms with E-state index in [1.807, 2.05) is 31.2 Å². The average molecular weight is 297 g/mol. The second kappa shape index (κ2) is 5.80. The molecule has 7 heteroatoms. The van der Waals surface area contributed by atoms with E-state index in [0.717, 1.165) is 11.3 Å². The summed E-state index contributed by atoms with van der Waals surface area (Å²) in [5, 5.41) is 2.85. The molecule has 0 unspecified atom stereocenters. The molecule has 1 fully saturated rings. The zero-order valence-electron chi connectivity index (χ0n) is 11.7. The molecule has 0 atom stereocenters. The molecule has 0 saturated carbocycles. The topological polar surface area (TPSA) is 69.7 Å². The summed E-state index contributed by atoms with van der Waals surface area (Å²) >= 11 is 0. The van der Waals surface area contributed by atoms with Gasteiger partial charge in [-0.1, -0.05) is 18.2 Å². The van der Waals surface area contributed by atoms with E-state index in [0.29, 0.717) is 26.2 Å². The van der Waals surface area contributed by atoms with Crippen molar-refractivity contribution >= 4 is 21.7 Å². The molecule has 0 aliphatic carbocycles. The Morgan fingerprint density at radius 2 is 1.75 bits per heavy atom. The smallest absolute Gasteiger partial charge is 0.321 e. The number of carbonyl (C=O) groups is 1. The molecule has 1 N–H and O–H groups in total. The molecular weight excluding hydrogens is 278 g/mol. The van der Waals surface area contributed by atoms with Gasteiger partial charge in [0, 0.05) is 31.9 Å². The molecule has 2 amide bonds. The Labute approximate surface area is 119 Å². The third-order valence-electron chi connectivity index (χ3n) is 3.38. The van der Waals surface area contributed by atoms with Gasteiger partial charge in [-0.25, -0.2) is 13.2 Å². The Bertz CT molecular complexity index is 593. The minimum Gasteiger partial charge on any atom is -0.322 e. The van der Waals surface area contributed by atoms with Crippen LogP contribution in [0.5, 0.6) is 0 Å². The highest BCUT2D eigenvalue weighted by Crippen LogP contribution is 2.15. The number of piperazine rings is 1. The SMILES string of the molecule is Cc1ccccc1NC(=O)N1CCN(S(C)(=O)=O)CC1. The van der Waals surface area contributed by atoms with Gasteiger partial charge in [0.15, 0.2) is 0 Å². The van der Waals surface area contributed by atoms with E-state index in [-0.39, 0.29) is 6.03 Å². The van der Waals surface area contributed by atoms with Gasteiger partial charge < -0.3 is 10.2 Å². The van der Waals surface area contributed by atoms with Crippen LogP contribution in [0.15, 0.2) is 24.3 Å². The van der Waals surface area contributed by atoms with Crippen molar-refractivity contribution in [2.75, 3.05) is 37.8 Å². The number of carbonyl (C=O) groups excluding carboxylic acids is 1. The fourth-order valence-electron chi connectivity index (χ4n) is 2.13. The number of hydrogen-bond acceptors (Lipinski definition) is 3. The molecule has 1 aromatic carbocycles. The van der Waals surface area contributed by atoms with Crippen LogP contribution in [0.4, 0.5) is 10.5 Å². The third kappa shape index (κ3) is 3.49. The third-order valence-corrected chi connectivity index (χ3v) is 4.68. The summed E-state index contributed by atoms with van der Waals surface area (Å²) in [6.45, 7) is 3.44. The molecule has 2 rings (SSSR count). The Morgan fingerprint density at radius 3 is 2.30 bits per heavy atom. The number of anilines is 1. The number of para-hydroxylation sites is 1. The molecule has 0 spiro atoms. The molecule has 1 aromatic rings. The lowest BCUT2D eigenvalue weighted by molar-refractivity contribution is 0.184. The van der Waals surface area contributed by atoms with E-state index in [9.17, 15) is 13.2 Å². The number of urea groups is 1. The first-order valence-corrected chi connectivity index (χ1v) is 8.29. The van der Waals surface area contributed by atoms with Crippen molar-refractivity contribution in [1.82, 2.24) is 9.21 Å². The van der Waals surface area contributed by atoms with Gasteiger partial charge in [0.25, 0.3) is 0 Å². The molecular formula is C13H19N3O3S. The molecule has 1 heterocycles. The highest BCUT2D eigenvalue weighted by Gasteiger charge is 2.26. The summed E-state index contributed by atoms with van der Waals surface area (Å²) in [5.41, 5.74) is 1.78. The zero-order valence-corrected chi connectivity index (χ0v) is 12.5. The lowest BCUT2D eigenvalue weighted by Crippen LogP contribution is -2.51. The summed E-state index contributed by atoms with van der Waals surface area (Å²) < 4.78 is 24.2. The Hall–Kier alpha value is -1.60. The minimum absolute atomic E-state index is 0.188. The van der Waals surface area contributed by atoms with Gasteiger partial charge in [-0.15, -0.1) is 0 Å². The normalized spacial score (nSPS) is 17.0. The summed E-state index contributed by atoms with van der Waals surface area (Å²) in [7, 11) is -3.17. The second-order valence-electron chi connectivity index (χ2n) is 4.89. The van der Waals surface area contributed by atoms with Gasteiger partial charge in [-0.3, -0.25) is 0 Å². The van der Waals surface area contributed by atoms with Gasteiger partial charge in [0.2, 0.25) is 10.0 Å². The Kier molecular flexibility index (Phi) is 4.29. The standard InChI is InChI=1S/C13H19N3O3S/c1-11-5-3-4-6-12(11)14-13(17)15-7-9-16(10-8-15)20(2,18)19/h3-6H,7-10H2,1-2H3,(H,14,17). The number of nitrogens with zero attached hydrogens (tertiary/aromatic N) is 2. The van der Waals surface area contributed by atoms with Crippen LogP contribution in [0.25, 0.3) is 0 Å². The van der Waals surface area contributed by atoms with Crippen LogP contribution >= 0.6 is 0 Å². The maximum atomic E-state index is 12.1. The van der Waals surface area contributed by atoms with E-state index in [4.69, 9.17) is 0 Å². The van der Waals surface area contributed by atoms with Crippen LogP contribution < -0.4 is 5.32 Å². The molecule has 6 nitrogen and oxygen atoms in total. The molecule has 20 heavy (non-hydrogen) atoms. The quantitative estimate of drug-likeness (QED) is 0.889. The summed E-state index contributed by atoms with van der Waals surface area (Å²) in [6.07, 6.45) is 1.19. The maximum Gasteiger partial charge on any atom is 0.321 e. The van der Waals surface area contributed by atoms with E-state index in [2.05, 4.69) is 5.32 Å². The van der Waals surface area contributed by atoms with Crippen LogP contribution in [0.3, 0.4) is 0 Å². The number of benzene rings is 1. The van der Waals surface area contributed by atoms with Crippen LogP contribution in [0.1, 0.15) is 5.56 Å². The Morgan fingerprint density at radius 1 is 1.15 bits per heavy atom. The van der Waals surface area contributed by atoms with Crippen molar-refractivity contribution in [2.24, 2.45) is 0 Å². The number of aryl methyl sites for hydroxylation is 1. The number of rotatable bonds is 2. The molecule has 110 valence electrons. The highest BCUT2D eigenvalue weighted by molar-refractivity contribution is 7.88. The first kappa shape index (κ1) is 14.8. The lowest BCUT2D eigenvalue weighted by Gasteiger charge is -2.33. The van der Waals surface area contributed by atoms with Crippen molar-refractivity contribution in [3.05, 3.63) is 29.8 Å². The predicted molar refractivity (Wildman–Crippen MR) is 78.2 cm³/mol. The van der Waals surface area contributed by atoms with Gasteiger partial charge in [-0.05, 0) is 18.6 Å². The van der Waals surface area contributed by atoms with Gasteiger partial charge >= 0.3 is 6.03 Å². The Balaban J connectivity index is 1.94. The minimum atomic E-state index is -3.17. The van der Waals surface area contributed by atoms with E-state index >= 15 is 0 Å². The fourth-order valence-corrected chi connectivity index (χ4v) is 2.96. The summed E-state index contributed by atoms with van der Waals surface area (Å²) in [4.78, 5) is 13.8. The van der Waals surface area contributed by atoms with Crippen molar-refractivity contribution in [2.45, 2.75) is 6.92 Å². The van der Waals surface area contributed by atoms with Crippen molar-refractivity contribution in [3.8, 4) is 0 Å². The van der Waals surface area contributed by atoms with Crippen LogP contribution in [-0.4, -0.2) is 56.1 Å². The van der Waals surface area contributed by atoms with Crippen molar-refractivity contribution in [3.63, 3.8) is 0 Å². The highest BCUT2D eigenvalue weighted by atomic mass is 32.2. The molecule has 0 bridgehead atoms. The number of hydrogen-bond donors (Lipinski definition) is 1. The molecule has 1 saturated heterocycles. The van der Waals surface area contributed by atoms with Gasteiger partial charge in [0.1, 0.15) is 0 Å². The number of nitrogens with one attached hydrogen (secondary N) is 1. The van der Waals surface area contributed by atoms with Crippen LogP contribution in [-0.2, 0) is 10.0 Å². The van der Waals surface area contributed by atoms with Gasteiger partial charge in [-0.2, -0.15) is 4.31 Å². The first-order valence-electron chi connectivity index (χ1n) is 6.44. The zero-order chi connectivity index (χ0) is 14.8.